The SMILES string of the molecule is COc1cc(C(C)=O)ccc1OCC(=O)OCC(=O)N1c2ccccc2Sc2ccc(Cl)cc21. The number of Topliss-reactive ketones (excluding diaryl/α,β-unsaturated/α-hetero) is 1. The maximum atomic E-state index is 13.1. The van der Waals surface area contributed by atoms with Crippen LogP contribution in [0.1, 0.15) is 17.3 Å². The van der Waals surface area contributed by atoms with E-state index in [1.165, 1.54) is 42.8 Å². The summed E-state index contributed by atoms with van der Waals surface area (Å²) >= 11 is 7.71. The van der Waals surface area contributed by atoms with Crippen molar-refractivity contribution in [3.63, 3.8) is 0 Å². The number of hydrogen-bond donors (Lipinski definition) is 0. The molecule has 1 aliphatic rings. The number of rotatable bonds is 7. The van der Waals surface area contributed by atoms with Crippen LogP contribution in [-0.2, 0) is 14.3 Å². The van der Waals surface area contributed by atoms with Crippen molar-refractivity contribution < 1.29 is 28.6 Å². The minimum Gasteiger partial charge on any atom is -0.493 e. The molecule has 3 aromatic rings. The van der Waals surface area contributed by atoms with E-state index in [9.17, 15) is 14.4 Å². The number of para-hydroxylation sites is 1. The first kappa shape index (κ1) is 23.7. The van der Waals surface area contributed by atoms with Crippen LogP contribution >= 0.6 is 23.4 Å². The van der Waals surface area contributed by atoms with Gasteiger partial charge in [-0.2, -0.15) is 0 Å². The number of nitrogens with zero attached hydrogens (tertiary/aromatic N) is 1. The van der Waals surface area contributed by atoms with E-state index in [1.54, 1.807) is 18.2 Å². The molecule has 0 atom stereocenters. The van der Waals surface area contributed by atoms with Crippen LogP contribution in [0, 0.1) is 0 Å². The Balaban J connectivity index is 1.43. The number of hydrogen-bond acceptors (Lipinski definition) is 7. The maximum Gasteiger partial charge on any atom is 0.344 e. The van der Waals surface area contributed by atoms with Gasteiger partial charge in [-0.05, 0) is 55.5 Å². The van der Waals surface area contributed by atoms with Gasteiger partial charge in [0.2, 0.25) is 0 Å². The molecular formula is C25H20ClNO6S. The topological polar surface area (TPSA) is 82.1 Å². The van der Waals surface area contributed by atoms with E-state index in [-0.39, 0.29) is 11.5 Å². The van der Waals surface area contributed by atoms with E-state index >= 15 is 0 Å². The zero-order chi connectivity index (χ0) is 24.2. The molecule has 0 unspecified atom stereocenters. The maximum absolute atomic E-state index is 13.1. The summed E-state index contributed by atoms with van der Waals surface area (Å²) in [7, 11) is 1.43. The fourth-order valence-corrected chi connectivity index (χ4v) is 4.59. The lowest BCUT2D eigenvalue weighted by Crippen LogP contribution is -2.33. The van der Waals surface area contributed by atoms with Gasteiger partial charge in [0.1, 0.15) is 0 Å². The zero-order valence-corrected chi connectivity index (χ0v) is 19.9. The summed E-state index contributed by atoms with van der Waals surface area (Å²) in [6.07, 6.45) is 0. The molecule has 3 aromatic carbocycles. The highest BCUT2D eigenvalue weighted by Crippen LogP contribution is 2.48. The molecule has 34 heavy (non-hydrogen) atoms. The highest BCUT2D eigenvalue weighted by molar-refractivity contribution is 7.99. The number of ketones is 1. The Hall–Kier alpha value is -3.49. The molecular weight excluding hydrogens is 478 g/mol. The smallest absolute Gasteiger partial charge is 0.344 e. The number of anilines is 2. The van der Waals surface area contributed by atoms with E-state index in [4.69, 9.17) is 25.8 Å². The number of benzene rings is 3. The number of methoxy groups -OCH3 is 1. The third-order valence-corrected chi connectivity index (χ3v) is 6.38. The van der Waals surface area contributed by atoms with Crippen molar-refractivity contribution >= 4 is 52.4 Å². The van der Waals surface area contributed by atoms with Crippen LogP contribution in [0.2, 0.25) is 5.02 Å². The van der Waals surface area contributed by atoms with Gasteiger partial charge in [0.05, 0.1) is 18.5 Å². The summed E-state index contributed by atoms with van der Waals surface area (Å²) < 4.78 is 15.9. The standard InChI is InChI=1S/C25H20ClNO6S/c1-15(28)16-7-9-20(21(11-16)31-2)32-14-25(30)33-13-24(29)27-18-5-3-4-6-22(18)34-23-10-8-17(26)12-19(23)27/h3-12H,13-14H2,1-2H3. The molecule has 0 radical (unpaired) electrons. The van der Waals surface area contributed by atoms with Gasteiger partial charge < -0.3 is 14.2 Å². The fourth-order valence-electron chi connectivity index (χ4n) is 3.39. The van der Waals surface area contributed by atoms with Crippen molar-refractivity contribution in [3.8, 4) is 11.5 Å². The van der Waals surface area contributed by atoms with Gasteiger partial charge in [0.15, 0.2) is 30.5 Å². The fraction of sp³-hybridized carbons (Fsp3) is 0.160. The lowest BCUT2D eigenvalue weighted by Gasteiger charge is -2.31. The second-order valence-electron chi connectivity index (χ2n) is 7.28. The van der Waals surface area contributed by atoms with Crippen LogP contribution in [0.5, 0.6) is 11.5 Å². The zero-order valence-electron chi connectivity index (χ0n) is 18.4. The summed E-state index contributed by atoms with van der Waals surface area (Å²) in [6.45, 7) is 0.529. The molecule has 0 fully saturated rings. The van der Waals surface area contributed by atoms with Crippen LogP contribution in [0.15, 0.2) is 70.5 Å². The Morgan fingerprint density at radius 1 is 0.912 bits per heavy atom. The quantitative estimate of drug-likeness (QED) is 0.323. The lowest BCUT2D eigenvalue weighted by molar-refractivity contribution is -0.149. The molecule has 0 N–H and O–H groups in total. The minimum absolute atomic E-state index is 0.122. The van der Waals surface area contributed by atoms with E-state index in [0.717, 1.165) is 9.79 Å². The van der Waals surface area contributed by atoms with Crippen molar-refractivity contribution in [2.45, 2.75) is 16.7 Å². The average Bonchev–Trinajstić information content (AvgIpc) is 2.84. The molecule has 4 rings (SSSR count). The number of amides is 1. The number of carbonyl (C=O) groups is 3. The van der Waals surface area contributed by atoms with E-state index in [0.29, 0.717) is 27.7 Å². The summed E-state index contributed by atoms with van der Waals surface area (Å²) in [4.78, 5) is 40.2. The Morgan fingerprint density at radius 3 is 2.44 bits per heavy atom. The number of esters is 1. The van der Waals surface area contributed by atoms with Crippen molar-refractivity contribution in [2.75, 3.05) is 25.2 Å². The van der Waals surface area contributed by atoms with Gasteiger partial charge in [-0.1, -0.05) is 35.5 Å². The van der Waals surface area contributed by atoms with Crippen molar-refractivity contribution in [1.29, 1.82) is 0 Å². The Kier molecular flexibility index (Phi) is 7.09. The molecule has 0 bridgehead atoms. The monoisotopic (exact) mass is 497 g/mol. The van der Waals surface area contributed by atoms with Gasteiger partial charge in [0.25, 0.3) is 5.91 Å². The van der Waals surface area contributed by atoms with E-state index < -0.39 is 25.1 Å². The van der Waals surface area contributed by atoms with Gasteiger partial charge in [-0.25, -0.2) is 4.79 Å². The Bertz CT molecular complexity index is 1280. The van der Waals surface area contributed by atoms with Crippen LogP contribution in [0.25, 0.3) is 0 Å². The third kappa shape index (κ3) is 5.03. The minimum atomic E-state index is -0.725. The molecule has 0 saturated heterocycles. The first-order valence-corrected chi connectivity index (χ1v) is 11.4. The molecule has 0 spiro atoms. The number of halogens is 1. The molecule has 0 aromatic heterocycles. The van der Waals surface area contributed by atoms with E-state index in [1.807, 2.05) is 30.3 Å². The first-order valence-electron chi connectivity index (χ1n) is 10.2. The lowest BCUT2D eigenvalue weighted by atomic mass is 10.1. The second kappa shape index (κ2) is 10.2. The average molecular weight is 498 g/mol. The molecule has 0 aliphatic carbocycles. The summed E-state index contributed by atoms with van der Waals surface area (Å²) in [5, 5.41) is 0.492. The third-order valence-electron chi connectivity index (χ3n) is 5.01. The summed E-state index contributed by atoms with van der Waals surface area (Å²) in [5.74, 6) is -0.679. The van der Waals surface area contributed by atoms with Gasteiger partial charge in [-0.3, -0.25) is 14.5 Å². The van der Waals surface area contributed by atoms with Crippen molar-refractivity contribution in [2.24, 2.45) is 0 Å². The predicted molar refractivity (Wildman–Crippen MR) is 129 cm³/mol. The molecule has 1 aliphatic heterocycles. The van der Waals surface area contributed by atoms with Crippen LogP contribution in [-0.4, -0.2) is 38.0 Å². The largest absolute Gasteiger partial charge is 0.493 e. The van der Waals surface area contributed by atoms with Crippen LogP contribution in [0.4, 0.5) is 11.4 Å². The van der Waals surface area contributed by atoms with Gasteiger partial charge >= 0.3 is 5.97 Å². The molecule has 7 nitrogen and oxygen atoms in total. The Labute approximate surface area is 205 Å². The Morgan fingerprint density at radius 2 is 1.68 bits per heavy atom. The summed E-state index contributed by atoms with van der Waals surface area (Å²) in [5.41, 5.74) is 1.77. The highest BCUT2D eigenvalue weighted by atomic mass is 35.5. The van der Waals surface area contributed by atoms with Gasteiger partial charge in [-0.15, -0.1) is 0 Å². The normalized spacial score (nSPS) is 11.8. The molecule has 0 saturated carbocycles. The van der Waals surface area contributed by atoms with Crippen LogP contribution in [0.3, 0.4) is 0 Å². The van der Waals surface area contributed by atoms with Crippen LogP contribution < -0.4 is 14.4 Å². The second-order valence-corrected chi connectivity index (χ2v) is 8.80. The molecule has 1 heterocycles. The van der Waals surface area contributed by atoms with Gasteiger partial charge in [0, 0.05) is 20.4 Å². The number of fused-ring (bicyclic) bond motifs is 2. The molecule has 9 heteroatoms. The number of ether oxygens (including phenoxy) is 3. The van der Waals surface area contributed by atoms with Crippen molar-refractivity contribution in [1.82, 2.24) is 0 Å². The summed E-state index contributed by atoms with van der Waals surface area (Å²) in [6, 6.07) is 17.4. The predicted octanol–water partition coefficient (Wildman–Crippen LogP) is 5.30. The van der Waals surface area contributed by atoms with Crippen molar-refractivity contribution in [3.05, 3.63) is 71.2 Å². The molecule has 174 valence electrons. The first-order chi connectivity index (χ1) is 16.4. The highest BCUT2D eigenvalue weighted by Gasteiger charge is 2.29. The van der Waals surface area contributed by atoms with E-state index in [2.05, 4.69) is 0 Å². The number of carbonyl (C=O) groups excluding carboxylic acids is 3. The molecule has 1 amide bonds.